The Balaban J connectivity index is 2.70. The van der Waals surface area contributed by atoms with Gasteiger partial charge in [0.05, 0.1) is 27.4 Å². The third-order valence-corrected chi connectivity index (χ3v) is 3.25. The molecule has 0 radical (unpaired) electrons. The van der Waals surface area contributed by atoms with Crippen molar-refractivity contribution in [3.8, 4) is 11.5 Å². The second-order valence-corrected chi connectivity index (χ2v) is 4.61. The van der Waals surface area contributed by atoms with Crippen LogP contribution in [0.15, 0.2) is 18.2 Å². The van der Waals surface area contributed by atoms with Gasteiger partial charge in [-0.3, -0.25) is 0 Å². The molecule has 21 heavy (non-hydrogen) atoms. The van der Waals surface area contributed by atoms with E-state index in [4.69, 9.17) is 18.9 Å². The average molecular weight is 297 g/mol. The van der Waals surface area contributed by atoms with Crippen molar-refractivity contribution in [1.82, 2.24) is 5.32 Å². The van der Waals surface area contributed by atoms with Crippen molar-refractivity contribution >= 4 is 0 Å². The quantitative estimate of drug-likeness (QED) is 0.636. The highest BCUT2D eigenvalue weighted by molar-refractivity contribution is 5.42. The van der Waals surface area contributed by atoms with E-state index in [1.54, 1.807) is 21.3 Å². The highest BCUT2D eigenvalue weighted by Crippen LogP contribution is 2.31. The average Bonchev–Trinajstić information content (AvgIpc) is 2.53. The van der Waals surface area contributed by atoms with Gasteiger partial charge in [0.1, 0.15) is 11.5 Å². The number of rotatable bonds is 11. The molecule has 1 N–H and O–H groups in total. The summed E-state index contributed by atoms with van der Waals surface area (Å²) in [6, 6.07) is 6.10. The molecule has 0 saturated carbocycles. The fourth-order valence-electron chi connectivity index (χ4n) is 2.17. The third kappa shape index (κ3) is 5.91. The monoisotopic (exact) mass is 297 g/mol. The molecule has 0 saturated heterocycles. The second kappa shape index (κ2) is 10.4. The van der Waals surface area contributed by atoms with Gasteiger partial charge in [0.15, 0.2) is 0 Å². The summed E-state index contributed by atoms with van der Waals surface area (Å²) in [5, 5.41) is 3.47. The van der Waals surface area contributed by atoms with E-state index in [0.717, 1.165) is 30.0 Å². The van der Waals surface area contributed by atoms with Crippen LogP contribution in [0.5, 0.6) is 11.5 Å². The Morgan fingerprint density at radius 2 is 1.86 bits per heavy atom. The summed E-state index contributed by atoms with van der Waals surface area (Å²) in [7, 11) is 5.00. The molecule has 1 rings (SSSR count). The first-order chi connectivity index (χ1) is 10.3. The number of hydrogen-bond donors (Lipinski definition) is 1. The molecule has 0 fully saturated rings. The van der Waals surface area contributed by atoms with Gasteiger partial charge in [-0.05, 0) is 19.0 Å². The van der Waals surface area contributed by atoms with Crippen LogP contribution in [0.1, 0.15) is 24.9 Å². The molecule has 0 aliphatic rings. The van der Waals surface area contributed by atoms with E-state index in [-0.39, 0.29) is 6.04 Å². The molecule has 0 heterocycles. The van der Waals surface area contributed by atoms with Gasteiger partial charge in [-0.1, -0.05) is 13.0 Å². The molecule has 0 aliphatic heterocycles. The van der Waals surface area contributed by atoms with Gasteiger partial charge in [-0.15, -0.1) is 0 Å². The molecule has 0 amide bonds. The first kappa shape index (κ1) is 17.8. The van der Waals surface area contributed by atoms with Crippen LogP contribution < -0.4 is 14.8 Å². The van der Waals surface area contributed by atoms with E-state index in [2.05, 4.69) is 12.2 Å². The summed E-state index contributed by atoms with van der Waals surface area (Å²) < 4.78 is 21.2. The predicted molar refractivity (Wildman–Crippen MR) is 83.3 cm³/mol. The summed E-state index contributed by atoms with van der Waals surface area (Å²) in [6.45, 7) is 4.90. The molecular formula is C16H27NO4. The van der Waals surface area contributed by atoms with Crippen LogP contribution in [0.2, 0.25) is 0 Å². The maximum atomic E-state index is 5.56. The van der Waals surface area contributed by atoms with Gasteiger partial charge in [-0.2, -0.15) is 0 Å². The zero-order chi connectivity index (χ0) is 15.5. The lowest BCUT2D eigenvalue weighted by Gasteiger charge is -2.21. The van der Waals surface area contributed by atoms with E-state index in [0.29, 0.717) is 19.8 Å². The minimum absolute atomic E-state index is 0.193. The Labute approximate surface area is 127 Å². The van der Waals surface area contributed by atoms with E-state index in [1.165, 1.54) is 0 Å². The van der Waals surface area contributed by atoms with Crippen LogP contribution >= 0.6 is 0 Å². The number of hydrogen-bond acceptors (Lipinski definition) is 5. The summed E-state index contributed by atoms with van der Waals surface area (Å²) >= 11 is 0. The maximum absolute atomic E-state index is 5.56. The lowest BCUT2D eigenvalue weighted by molar-refractivity contribution is 0.0657. The molecule has 1 aromatic rings. The first-order valence-electron chi connectivity index (χ1n) is 7.28. The van der Waals surface area contributed by atoms with Gasteiger partial charge >= 0.3 is 0 Å². The van der Waals surface area contributed by atoms with Crippen molar-refractivity contribution in [2.45, 2.75) is 19.4 Å². The van der Waals surface area contributed by atoms with Gasteiger partial charge in [0.25, 0.3) is 0 Å². The lowest BCUT2D eigenvalue weighted by atomic mass is 10.0. The van der Waals surface area contributed by atoms with Crippen molar-refractivity contribution in [2.24, 2.45) is 0 Å². The number of methoxy groups -OCH3 is 3. The van der Waals surface area contributed by atoms with Crippen molar-refractivity contribution in [3.63, 3.8) is 0 Å². The standard InChI is InChI=1S/C16H27NO4/c1-5-17-15(8-9-21-11-10-18-2)14-7-6-13(19-3)12-16(14)20-4/h6-7,12,15,17H,5,8-11H2,1-4H3. The van der Waals surface area contributed by atoms with Gasteiger partial charge < -0.3 is 24.3 Å². The molecule has 1 atom stereocenters. The minimum atomic E-state index is 0.193. The fourth-order valence-corrected chi connectivity index (χ4v) is 2.17. The normalized spacial score (nSPS) is 12.2. The molecule has 120 valence electrons. The highest BCUT2D eigenvalue weighted by atomic mass is 16.5. The largest absolute Gasteiger partial charge is 0.497 e. The van der Waals surface area contributed by atoms with Crippen LogP contribution in [0.4, 0.5) is 0 Å². The summed E-state index contributed by atoms with van der Waals surface area (Å²) in [5.74, 6) is 1.62. The summed E-state index contributed by atoms with van der Waals surface area (Å²) in [4.78, 5) is 0. The molecule has 1 aromatic carbocycles. The molecule has 5 heteroatoms. The van der Waals surface area contributed by atoms with E-state index in [1.807, 2.05) is 18.2 Å². The van der Waals surface area contributed by atoms with Crippen LogP contribution in [0.25, 0.3) is 0 Å². The smallest absolute Gasteiger partial charge is 0.127 e. The van der Waals surface area contributed by atoms with Gasteiger partial charge in [-0.25, -0.2) is 0 Å². The highest BCUT2D eigenvalue weighted by Gasteiger charge is 2.16. The second-order valence-electron chi connectivity index (χ2n) is 4.61. The van der Waals surface area contributed by atoms with Crippen LogP contribution in [-0.2, 0) is 9.47 Å². The number of ether oxygens (including phenoxy) is 4. The van der Waals surface area contributed by atoms with Crippen molar-refractivity contribution < 1.29 is 18.9 Å². The third-order valence-electron chi connectivity index (χ3n) is 3.25. The first-order valence-corrected chi connectivity index (χ1v) is 7.28. The molecule has 5 nitrogen and oxygen atoms in total. The summed E-state index contributed by atoms with van der Waals surface area (Å²) in [6.07, 6.45) is 0.875. The SMILES string of the molecule is CCNC(CCOCCOC)c1ccc(OC)cc1OC. The molecule has 0 aromatic heterocycles. The fraction of sp³-hybridized carbons (Fsp3) is 0.625. The van der Waals surface area contributed by atoms with Gasteiger partial charge in [0.2, 0.25) is 0 Å². The molecule has 1 unspecified atom stereocenters. The van der Waals surface area contributed by atoms with Crippen LogP contribution in [-0.4, -0.2) is 47.7 Å². The zero-order valence-corrected chi connectivity index (χ0v) is 13.5. The van der Waals surface area contributed by atoms with Crippen molar-refractivity contribution in [3.05, 3.63) is 23.8 Å². The van der Waals surface area contributed by atoms with E-state index >= 15 is 0 Å². The molecular weight excluding hydrogens is 270 g/mol. The van der Waals surface area contributed by atoms with Gasteiger partial charge in [0, 0.05) is 31.4 Å². The topological polar surface area (TPSA) is 49.0 Å². The van der Waals surface area contributed by atoms with Crippen LogP contribution in [0.3, 0.4) is 0 Å². The Kier molecular flexibility index (Phi) is 8.82. The molecule has 0 aliphatic carbocycles. The lowest BCUT2D eigenvalue weighted by Crippen LogP contribution is -2.23. The molecule has 0 spiro atoms. The Hall–Kier alpha value is -1.30. The number of nitrogens with one attached hydrogen (secondary N) is 1. The summed E-state index contributed by atoms with van der Waals surface area (Å²) in [5.41, 5.74) is 1.12. The molecule has 0 bridgehead atoms. The van der Waals surface area contributed by atoms with Crippen molar-refractivity contribution in [1.29, 1.82) is 0 Å². The minimum Gasteiger partial charge on any atom is -0.497 e. The number of benzene rings is 1. The van der Waals surface area contributed by atoms with E-state index in [9.17, 15) is 0 Å². The maximum Gasteiger partial charge on any atom is 0.127 e. The van der Waals surface area contributed by atoms with Crippen molar-refractivity contribution in [2.75, 3.05) is 47.7 Å². The zero-order valence-electron chi connectivity index (χ0n) is 13.5. The Morgan fingerprint density at radius 3 is 2.48 bits per heavy atom. The van der Waals surface area contributed by atoms with E-state index < -0.39 is 0 Å². The Bertz CT molecular complexity index is 398. The van der Waals surface area contributed by atoms with Crippen LogP contribution in [0, 0.1) is 0 Å². The predicted octanol–water partition coefficient (Wildman–Crippen LogP) is 2.41. The Morgan fingerprint density at radius 1 is 1.05 bits per heavy atom.